The number of nitrogens with one attached hydrogen (secondary N) is 1. The number of amides is 2. The van der Waals surface area contributed by atoms with Crippen molar-refractivity contribution in [3.05, 3.63) is 77.5 Å². The molecule has 6 rings (SSSR count). The van der Waals surface area contributed by atoms with Crippen LogP contribution in [0.15, 0.2) is 67.4 Å². The third-order valence-corrected chi connectivity index (χ3v) is 13.7. The van der Waals surface area contributed by atoms with Crippen LogP contribution in [0.25, 0.3) is 10.8 Å². The molecule has 21 nitrogen and oxygen atoms in total. The van der Waals surface area contributed by atoms with E-state index < -0.39 is 96.6 Å². The van der Waals surface area contributed by atoms with Crippen LogP contribution in [0.2, 0.25) is 0 Å². The molecule has 1 aromatic heterocycles. The molecule has 2 heterocycles. The minimum absolute atomic E-state index is 0.00879. The Labute approximate surface area is 425 Å². The van der Waals surface area contributed by atoms with Gasteiger partial charge in [-0.25, -0.2) is 18.7 Å². The maximum Gasteiger partial charge on any atom is 0.514 e. The van der Waals surface area contributed by atoms with Crippen molar-refractivity contribution in [2.45, 2.75) is 123 Å². The van der Waals surface area contributed by atoms with Crippen molar-refractivity contribution in [3.63, 3.8) is 0 Å². The minimum atomic E-state index is -4.45. The zero-order valence-electron chi connectivity index (χ0n) is 43.3. The Hall–Kier alpha value is -6.23. The normalized spacial score (nSPS) is 20.6. The van der Waals surface area contributed by atoms with Crippen LogP contribution in [0.5, 0.6) is 17.4 Å². The van der Waals surface area contributed by atoms with E-state index in [9.17, 15) is 42.5 Å². The number of benzene rings is 2. The highest BCUT2D eigenvalue weighted by molar-refractivity contribution is 7.85. The molecule has 3 aliphatic rings. The lowest BCUT2D eigenvalue weighted by Crippen LogP contribution is -2.49. The molecule has 2 amide bonds. The van der Waals surface area contributed by atoms with Gasteiger partial charge >= 0.3 is 22.4 Å². The van der Waals surface area contributed by atoms with Gasteiger partial charge in [-0.3, -0.25) is 29.3 Å². The predicted molar refractivity (Wildman–Crippen MR) is 265 cm³/mol. The number of nitro groups is 1. The third-order valence-electron chi connectivity index (χ3n) is 12.7. The Bertz CT molecular complexity index is 2650. The lowest BCUT2D eigenvalue weighted by atomic mass is 9.77. The van der Waals surface area contributed by atoms with E-state index in [2.05, 4.69) is 11.6 Å². The average molecular weight is 1040 g/mol. The number of nitrogens with zero attached hydrogens (tertiary/aromatic N) is 3. The molecule has 3 fully saturated rings. The number of esters is 1. The average Bonchev–Trinajstić information content (AvgIpc) is 4.15. The predicted octanol–water partition coefficient (Wildman–Crippen LogP) is 7.23. The minimum Gasteiger partial charge on any atom is -0.497 e. The highest BCUT2D eigenvalue weighted by Crippen LogP contribution is 2.57. The molecule has 5 atom stereocenters. The number of allylic oxidation sites excluding steroid dienone is 1. The number of aromatic nitrogens is 1. The van der Waals surface area contributed by atoms with Crippen LogP contribution in [0.1, 0.15) is 93.9 Å². The molecule has 0 spiro atoms. The second-order valence-electron chi connectivity index (χ2n) is 21.1. The van der Waals surface area contributed by atoms with Crippen molar-refractivity contribution < 1.29 is 74.7 Å². The van der Waals surface area contributed by atoms with E-state index in [0.29, 0.717) is 29.9 Å². The maximum atomic E-state index is 14.6. The monoisotopic (exact) mass is 1040 g/mol. The van der Waals surface area contributed by atoms with Gasteiger partial charge in [0.1, 0.15) is 28.8 Å². The van der Waals surface area contributed by atoms with Gasteiger partial charge < -0.3 is 38.1 Å². The number of methoxy groups -OCH3 is 3. The number of nitro benzene ring substituents is 1. The highest BCUT2D eigenvalue weighted by Gasteiger charge is 2.61. The first-order chi connectivity index (χ1) is 34.0. The quantitative estimate of drug-likeness (QED) is 0.0342. The molecule has 22 heteroatoms. The van der Waals surface area contributed by atoms with Gasteiger partial charge in [0, 0.05) is 50.8 Å². The Morgan fingerprint density at radius 2 is 1.55 bits per heavy atom. The topological polar surface area (TPSA) is 265 Å². The highest BCUT2D eigenvalue weighted by atomic mass is 32.2. The molecule has 1 N–H and O–H groups in total. The summed E-state index contributed by atoms with van der Waals surface area (Å²) < 4.78 is 70.3. The Kier molecular flexibility index (Phi) is 18.1. The second-order valence-corrected chi connectivity index (χ2v) is 22.4. The molecule has 2 aromatic carbocycles. The number of ether oxygens (including phenoxy) is 7. The number of rotatable bonds is 22. The van der Waals surface area contributed by atoms with Gasteiger partial charge in [-0.05, 0) is 107 Å². The largest absolute Gasteiger partial charge is 0.514 e. The van der Waals surface area contributed by atoms with Gasteiger partial charge in [0.2, 0.25) is 17.7 Å². The first-order valence-corrected chi connectivity index (χ1v) is 25.1. The number of hydrogen-bond donors (Lipinski definition) is 1. The lowest BCUT2D eigenvalue weighted by Gasteiger charge is -2.35. The molecule has 3 aromatic rings. The summed E-state index contributed by atoms with van der Waals surface area (Å²) >= 11 is 0. The molecular formula is C51H68N4O17S. The van der Waals surface area contributed by atoms with E-state index in [-0.39, 0.29) is 56.9 Å². The lowest BCUT2D eigenvalue weighted by molar-refractivity contribution is -0.384. The summed E-state index contributed by atoms with van der Waals surface area (Å²) in [6, 6.07) is 11.3. The maximum absolute atomic E-state index is 14.6. The summed E-state index contributed by atoms with van der Waals surface area (Å²) in [6.45, 7) is 18.1. The van der Waals surface area contributed by atoms with E-state index in [1.165, 1.54) is 49.5 Å². The molecule has 0 bridgehead atoms. The van der Waals surface area contributed by atoms with Crippen molar-refractivity contribution in [1.82, 2.24) is 14.6 Å². The molecule has 1 saturated heterocycles. The van der Waals surface area contributed by atoms with Gasteiger partial charge in [0.05, 0.1) is 61.2 Å². The number of Topliss-reactive ketones (excluding diaryl/α,β-unsaturated/α-hetero) is 1. The summed E-state index contributed by atoms with van der Waals surface area (Å²) in [5.41, 5.74) is -4.83. The van der Waals surface area contributed by atoms with Crippen LogP contribution in [0, 0.1) is 32.8 Å². The first kappa shape index (κ1) is 57.7. The van der Waals surface area contributed by atoms with Crippen LogP contribution in [0.3, 0.4) is 0 Å². The summed E-state index contributed by atoms with van der Waals surface area (Å²) in [6.07, 6.45) is 2.26. The van der Waals surface area contributed by atoms with Crippen molar-refractivity contribution >= 4 is 56.5 Å². The van der Waals surface area contributed by atoms with Crippen molar-refractivity contribution in [2.75, 3.05) is 41.1 Å². The summed E-state index contributed by atoms with van der Waals surface area (Å²) in [4.78, 5) is 83.3. The van der Waals surface area contributed by atoms with E-state index >= 15 is 0 Å². The van der Waals surface area contributed by atoms with Gasteiger partial charge in [0.25, 0.3) is 5.69 Å². The van der Waals surface area contributed by atoms with Crippen LogP contribution in [0.4, 0.5) is 10.5 Å². The third kappa shape index (κ3) is 15.6. The number of carbonyl (C=O) groups excluding carboxylic acids is 5. The SMILES string of the molecule is C=C[C@@H]1C[C@]1(CC(=O)[C@@H]1CC(Oc2nccc3cc(OC)ccc23)CN1C(=O)[C@@H](CC(=O)OC(C)(C)COC)C(C)(C)C)C(=O)NS(=O)(=O)OC1(C)CC1.COCC(C)(C)OC(=O)Oc1ccc([N+](=O)[O-])cc1. The van der Waals surface area contributed by atoms with Gasteiger partial charge in [-0.15, -0.1) is 6.58 Å². The summed E-state index contributed by atoms with van der Waals surface area (Å²) in [5, 5.41) is 12.0. The van der Waals surface area contributed by atoms with Crippen LogP contribution >= 0.6 is 0 Å². The molecule has 1 unspecified atom stereocenters. The van der Waals surface area contributed by atoms with Crippen LogP contribution in [-0.2, 0) is 52.6 Å². The fourth-order valence-electron chi connectivity index (χ4n) is 8.53. The van der Waals surface area contributed by atoms with Crippen molar-refractivity contribution in [1.29, 1.82) is 0 Å². The van der Waals surface area contributed by atoms with Crippen LogP contribution in [-0.4, -0.2) is 123 Å². The number of likely N-dealkylation sites (tertiary alicyclic amines) is 1. The molecule has 73 heavy (non-hydrogen) atoms. The molecule has 400 valence electrons. The fourth-order valence-corrected chi connectivity index (χ4v) is 9.70. The number of carbonyl (C=O) groups is 5. The summed E-state index contributed by atoms with van der Waals surface area (Å²) in [5.74, 6) is -2.61. The Balaban J connectivity index is 0.000000437. The smallest absolute Gasteiger partial charge is 0.497 e. The van der Waals surface area contributed by atoms with Crippen LogP contribution < -0.4 is 18.9 Å². The standard InChI is InChI=1S/C39H53N3O11S.C12H15NO6/c1-10-25-20-39(25,35(46)41-54(47,48)53-38(7)14-15-38)21-31(43)30-18-27(51-33-28-12-11-26(50-9)17-24(28)13-16-40-33)22-42(30)34(45)29(36(2,3)4)19-32(44)52-37(5,6)23-49-8;1-12(2,8-17-3)19-11(14)18-10-6-4-9(5-7-10)13(15)16/h10-13,16-17,25,27,29-30H,1,14-15,18-23H2,2-9H3,(H,41,46);4-7H,8H2,1-3H3/t25-,27?,29-,30+,39-;/m1./s1. The molecule has 2 aliphatic carbocycles. The number of ketones is 1. The van der Waals surface area contributed by atoms with Crippen molar-refractivity contribution in [2.24, 2.45) is 22.7 Å². The van der Waals surface area contributed by atoms with E-state index in [1.54, 1.807) is 54.0 Å². The zero-order valence-corrected chi connectivity index (χ0v) is 44.2. The number of pyridine rings is 1. The van der Waals surface area contributed by atoms with Gasteiger partial charge in [0.15, 0.2) is 5.78 Å². The molecule has 0 radical (unpaired) electrons. The van der Waals surface area contributed by atoms with E-state index in [0.717, 1.165) is 5.39 Å². The molecular weight excluding hydrogens is 973 g/mol. The summed E-state index contributed by atoms with van der Waals surface area (Å²) in [7, 11) is 0.113. The van der Waals surface area contributed by atoms with E-state index in [4.69, 9.17) is 37.3 Å². The number of hydrogen-bond acceptors (Lipinski definition) is 18. The van der Waals surface area contributed by atoms with E-state index in [1.807, 2.05) is 43.7 Å². The Morgan fingerprint density at radius 1 is 0.932 bits per heavy atom. The van der Waals surface area contributed by atoms with Crippen molar-refractivity contribution in [3.8, 4) is 17.4 Å². The van der Waals surface area contributed by atoms with Gasteiger partial charge in [-0.1, -0.05) is 26.8 Å². The zero-order chi connectivity index (χ0) is 54.3. The Morgan fingerprint density at radius 3 is 2.10 bits per heavy atom. The number of non-ortho nitro benzene ring substituents is 1. The fraction of sp³-hybridized carbons (Fsp3) is 0.569. The first-order valence-electron chi connectivity index (χ1n) is 23.7. The molecule has 1 aliphatic heterocycles. The van der Waals surface area contributed by atoms with Gasteiger partial charge in [-0.2, -0.15) is 8.42 Å². The molecule has 2 saturated carbocycles. The second kappa shape index (κ2) is 22.9. The number of fused-ring (bicyclic) bond motifs is 1.